The van der Waals surface area contributed by atoms with Gasteiger partial charge in [-0.25, -0.2) is 0 Å². The van der Waals surface area contributed by atoms with Crippen LogP contribution in [0.15, 0.2) is 18.5 Å². The lowest BCUT2D eigenvalue weighted by molar-refractivity contribution is 0.120. The average molecular weight is 290 g/mol. The lowest BCUT2D eigenvalue weighted by Gasteiger charge is -2.29. The third-order valence-electron chi connectivity index (χ3n) is 4.33. The van der Waals surface area contributed by atoms with Crippen LogP contribution in [0.1, 0.15) is 58.4 Å². The molecule has 2 unspecified atom stereocenters. The van der Waals surface area contributed by atoms with E-state index in [1.165, 1.54) is 37.7 Å². The van der Waals surface area contributed by atoms with Gasteiger partial charge in [-0.15, -0.1) is 0 Å². The first-order chi connectivity index (χ1) is 10.2. The Bertz CT molecular complexity index is 419. The van der Waals surface area contributed by atoms with Crippen molar-refractivity contribution in [3.05, 3.63) is 24.0 Å². The molecular formula is C18H30N2O. The van der Waals surface area contributed by atoms with E-state index >= 15 is 0 Å². The fraction of sp³-hybridized carbons (Fsp3) is 0.722. The first-order valence-electron chi connectivity index (χ1n) is 8.49. The van der Waals surface area contributed by atoms with E-state index in [4.69, 9.17) is 4.74 Å². The minimum atomic E-state index is 0.384. The Hall–Kier alpha value is -1.09. The maximum Gasteiger partial charge on any atom is 0.127 e. The molecule has 0 amide bonds. The predicted octanol–water partition coefficient (Wildman–Crippen LogP) is 4.17. The van der Waals surface area contributed by atoms with Crippen LogP contribution in [0.3, 0.4) is 0 Å². The molecule has 3 heteroatoms. The van der Waals surface area contributed by atoms with Crippen LogP contribution in [0.25, 0.3) is 0 Å². The number of nitrogens with zero attached hydrogens (tertiary/aromatic N) is 1. The van der Waals surface area contributed by atoms with Crippen molar-refractivity contribution in [1.82, 2.24) is 10.3 Å². The molecule has 1 aromatic heterocycles. The van der Waals surface area contributed by atoms with Crippen molar-refractivity contribution in [3.63, 3.8) is 0 Å². The third-order valence-corrected chi connectivity index (χ3v) is 4.33. The second-order valence-electron chi connectivity index (χ2n) is 6.69. The van der Waals surface area contributed by atoms with Gasteiger partial charge in [0, 0.05) is 24.5 Å². The predicted molar refractivity (Wildman–Crippen MR) is 87.4 cm³/mol. The maximum atomic E-state index is 6.30. The highest BCUT2D eigenvalue weighted by molar-refractivity contribution is 5.30. The summed E-state index contributed by atoms with van der Waals surface area (Å²) in [6.07, 6.45) is 10.5. The number of nitrogens with one attached hydrogen (secondary N) is 1. The van der Waals surface area contributed by atoms with Gasteiger partial charge in [0.05, 0.1) is 6.10 Å². The van der Waals surface area contributed by atoms with Crippen molar-refractivity contribution in [3.8, 4) is 5.75 Å². The fourth-order valence-electron chi connectivity index (χ4n) is 3.06. The Morgan fingerprint density at radius 3 is 3.00 bits per heavy atom. The fourth-order valence-corrected chi connectivity index (χ4v) is 3.06. The Balaban J connectivity index is 1.92. The van der Waals surface area contributed by atoms with E-state index in [0.717, 1.165) is 24.8 Å². The zero-order chi connectivity index (χ0) is 15.1. The molecule has 1 heterocycles. The topological polar surface area (TPSA) is 34.1 Å². The SMILES string of the molecule is CCC1CCCC(Oc2ccncc2CNCC(C)C)C1. The number of rotatable bonds is 7. The molecule has 118 valence electrons. The molecule has 3 nitrogen and oxygen atoms in total. The largest absolute Gasteiger partial charge is 0.490 e. The quantitative estimate of drug-likeness (QED) is 0.818. The highest BCUT2D eigenvalue weighted by atomic mass is 16.5. The molecule has 2 atom stereocenters. The van der Waals surface area contributed by atoms with E-state index in [0.29, 0.717) is 12.0 Å². The molecule has 1 saturated carbocycles. The van der Waals surface area contributed by atoms with E-state index in [-0.39, 0.29) is 0 Å². The van der Waals surface area contributed by atoms with Crippen LogP contribution in [-0.4, -0.2) is 17.6 Å². The molecule has 0 bridgehead atoms. The summed E-state index contributed by atoms with van der Waals surface area (Å²) < 4.78 is 6.30. The van der Waals surface area contributed by atoms with Crippen molar-refractivity contribution in [1.29, 1.82) is 0 Å². The minimum absolute atomic E-state index is 0.384. The second kappa shape index (κ2) is 8.38. The third kappa shape index (κ3) is 5.31. The van der Waals surface area contributed by atoms with Crippen LogP contribution in [0.5, 0.6) is 5.75 Å². The number of hydrogen-bond acceptors (Lipinski definition) is 3. The van der Waals surface area contributed by atoms with Gasteiger partial charge in [-0.05, 0) is 43.7 Å². The summed E-state index contributed by atoms with van der Waals surface area (Å²) in [6.45, 7) is 8.60. The first kappa shape index (κ1) is 16.3. The Morgan fingerprint density at radius 2 is 2.24 bits per heavy atom. The van der Waals surface area contributed by atoms with Crippen LogP contribution >= 0.6 is 0 Å². The van der Waals surface area contributed by atoms with Gasteiger partial charge < -0.3 is 10.1 Å². The number of ether oxygens (including phenoxy) is 1. The molecule has 0 spiro atoms. The average Bonchev–Trinajstić information content (AvgIpc) is 2.49. The van der Waals surface area contributed by atoms with E-state index in [1.54, 1.807) is 0 Å². The van der Waals surface area contributed by atoms with Crippen LogP contribution in [-0.2, 0) is 6.54 Å². The Morgan fingerprint density at radius 1 is 1.38 bits per heavy atom. The summed E-state index contributed by atoms with van der Waals surface area (Å²) in [5, 5.41) is 3.48. The van der Waals surface area contributed by atoms with E-state index in [2.05, 4.69) is 31.1 Å². The normalized spacial score (nSPS) is 22.5. The molecule has 21 heavy (non-hydrogen) atoms. The molecule has 1 N–H and O–H groups in total. The van der Waals surface area contributed by atoms with Crippen molar-refractivity contribution in [2.75, 3.05) is 6.54 Å². The summed E-state index contributed by atoms with van der Waals surface area (Å²) in [6, 6.07) is 2.02. The number of aromatic nitrogens is 1. The van der Waals surface area contributed by atoms with Crippen molar-refractivity contribution in [2.24, 2.45) is 11.8 Å². The smallest absolute Gasteiger partial charge is 0.127 e. The number of hydrogen-bond donors (Lipinski definition) is 1. The molecule has 1 aromatic rings. The second-order valence-corrected chi connectivity index (χ2v) is 6.69. The van der Waals surface area contributed by atoms with Crippen molar-refractivity contribution >= 4 is 0 Å². The molecule has 1 aliphatic rings. The summed E-state index contributed by atoms with van der Waals surface area (Å²) in [7, 11) is 0. The van der Waals surface area contributed by atoms with Gasteiger partial charge in [0.2, 0.25) is 0 Å². The molecular weight excluding hydrogens is 260 g/mol. The van der Waals surface area contributed by atoms with E-state index in [1.807, 2.05) is 18.5 Å². The Kier molecular flexibility index (Phi) is 6.50. The molecule has 0 saturated heterocycles. The van der Waals surface area contributed by atoms with Gasteiger partial charge in [-0.1, -0.05) is 33.6 Å². The monoisotopic (exact) mass is 290 g/mol. The van der Waals surface area contributed by atoms with Gasteiger partial charge in [0.15, 0.2) is 0 Å². The minimum Gasteiger partial charge on any atom is -0.490 e. The summed E-state index contributed by atoms with van der Waals surface area (Å²) >= 11 is 0. The lowest BCUT2D eigenvalue weighted by Crippen LogP contribution is -2.26. The highest BCUT2D eigenvalue weighted by Gasteiger charge is 2.22. The van der Waals surface area contributed by atoms with Crippen LogP contribution in [0.2, 0.25) is 0 Å². The first-order valence-corrected chi connectivity index (χ1v) is 8.49. The lowest BCUT2D eigenvalue weighted by atomic mass is 9.85. The van der Waals surface area contributed by atoms with Crippen LogP contribution < -0.4 is 10.1 Å². The standard InChI is InChI=1S/C18H30N2O/c1-4-15-6-5-7-17(10-15)21-18-8-9-19-12-16(18)13-20-11-14(2)3/h8-9,12,14-15,17,20H,4-7,10-11,13H2,1-3H3. The molecule has 0 radical (unpaired) electrons. The summed E-state index contributed by atoms with van der Waals surface area (Å²) in [5.74, 6) is 2.52. The van der Waals surface area contributed by atoms with Gasteiger partial charge in [-0.2, -0.15) is 0 Å². The van der Waals surface area contributed by atoms with Crippen LogP contribution in [0, 0.1) is 11.8 Å². The van der Waals surface area contributed by atoms with Gasteiger partial charge >= 0.3 is 0 Å². The van der Waals surface area contributed by atoms with E-state index < -0.39 is 0 Å². The highest BCUT2D eigenvalue weighted by Crippen LogP contribution is 2.30. The molecule has 2 rings (SSSR count). The summed E-state index contributed by atoms with van der Waals surface area (Å²) in [4.78, 5) is 4.25. The Labute approximate surface area is 129 Å². The number of pyridine rings is 1. The molecule has 1 fully saturated rings. The summed E-state index contributed by atoms with van der Waals surface area (Å²) in [5.41, 5.74) is 1.18. The molecule has 1 aliphatic carbocycles. The molecule has 0 aromatic carbocycles. The maximum absolute atomic E-state index is 6.30. The van der Waals surface area contributed by atoms with Crippen molar-refractivity contribution in [2.45, 2.75) is 65.5 Å². The zero-order valence-corrected chi connectivity index (χ0v) is 13.8. The van der Waals surface area contributed by atoms with Crippen LogP contribution in [0.4, 0.5) is 0 Å². The van der Waals surface area contributed by atoms with E-state index in [9.17, 15) is 0 Å². The van der Waals surface area contributed by atoms with Crippen molar-refractivity contribution < 1.29 is 4.74 Å². The van der Waals surface area contributed by atoms with Gasteiger partial charge in [-0.3, -0.25) is 4.98 Å². The molecule has 0 aliphatic heterocycles. The zero-order valence-electron chi connectivity index (χ0n) is 13.8. The van der Waals surface area contributed by atoms with Gasteiger partial charge in [0.25, 0.3) is 0 Å². The van der Waals surface area contributed by atoms with Gasteiger partial charge in [0.1, 0.15) is 5.75 Å².